The molecule has 7 heteroatoms. The van der Waals surface area contributed by atoms with Crippen LogP contribution in [0.3, 0.4) is 0 Å². The van der Waals surface area contributed by atoms with Crippen molar-refractivity contribution in [2.24, 2.45) is 0 Å². The highest BCUT2D eigenvalue weighted by Gasteiger charge is 2.40. The van der Waals surface area contributed by atoms with E-state index in [-0.39, 0.29) is 12.8 Å². The molecule has 0 aliphatic carbocycles. The molecule has 1 heterocycles. The molecule has 2 aromatic rings. The zero-order valence-electron chi connectivity index (χ0n) is 13.4. The van der Waals surface area contributed by atoms with Gasteiger partial charge in [0.05, 0.1) is 0 Å². The lowest BCUT2D eigenvalue weighted by molar-refractivity contribution is -0.151. The van der Waals surface area contributed by atoms with Gasteiger partial charge in [0.15, 0.2) is 0 Å². The van der Waals surface area contributed by atoms with Crippen LogP contribution in [-0.2, 0) is 22.4 Å². The van der Waals surface area contributed by atoms with E-state index in [0.29, 0.717) is 11.1 Å². The summed E-state index contributed by atoms with van der Waals surface area (Å²) in [6.45, 7) is 0. The van der Waals surface area contributed by atoms with Gasteiger partial charge in [-0.25, -0.2) is 4.79 Å². The molecule has 1 atom stereocenters. The van der Waals surface area contributed by atoms with Gasteiger partial charge in [0.2, 0.25) is 0 Å². The normalized spacial score (nSPS) is 12.4. The fourth-order valence-corrected chi connectivity index (χ4v) is 2.28. The summed E-state index contributed by atoms with van der Waals surface area (Å²) in [4.78, 5) is 26.9. The maximum Gasteiger partial charge on any atom is 0.326 e. The standard InChI is InChI=1S/C18H18F2N2O3/c19-18(20,9-6-13-4-2-1-3-5-13)17(25)22-15(16(23)24)12-14-7-10-21-11-8-14/h1-5,7-8,10-11,15H,6,9,12H2,(H,22,25)(H,23,24)/t15-/m1/s1. The van der Waals surface area contributed by atoms with Crippen LogP contribution in [0.1, 0.15) is 17.5 Å². The Labute approximate surface area is 143 Å². The van der Waals surface area contributed by atoms with Crippen molar-refractivity contribution in [3.63, 3.8) is 0 Å². The van der Waals surface area contributed by atoms with Crippen molar-refractivity contribution in [1.29, 1.82) is 0 Å². The minimum atomic E-state index is -3.65. The Balaban J connectivity index is 1.97. The smallest absolute Gasteiger partial charge is 0.326 e. The molecule has 0 unspecified atom stereocenters. The lowest BCUT2D eigenvalue weighted by atomic mass is 10.0. The summed E-state index contributed by atoms with van der Waals surface area (Å²) in [6.07, 6.45) is 2.15. The number of carbonyl (C=O) groups excluding carboxylic acids is 1. The molecule has 0 spiro atoms. The van der Waals surface area contributed by atoms with Crippen molar-refractivity contribution >= 4 is 11.9 Å². The highest BCUT2D eigenvalue weighted by Crippen LogP contribution is 2.22. The van der Waals surface area contributed by atoms with Crippen LogP contribution >= 0.6 is 0 Å². The zero-order chi connectivity index (χ0) is 18.3. The Morgan fingerprint density at radius 3 is 2.32 bits per heavy atom. The number of carboxylic acid groups (broad SMARTS) is 1. The van der Waals surface area contributed by atoms with Crippen molar-refractivity contribution in [3.8, 4) is 0 Å². The number of hydrogen-bond acceptors (Lipinski definition) is 3. The fourth-order valence-electron chi connectivity index (χ4n) is 2.28. The SMILES string of the molecule is O=C(O)[C@@H](Cc1ccncc1)NC(=O)C(F)(F)CCc1ccccc1. The summed E-state index contributed by atoms with van der Waals surface area (Å²) in [5, 5.41) is 11.1. The van der Waals surface area contributed by atoms with Crippen molar-refractivity contribution < 1.29 is 23.5 Å². The molecule has 2 rings (SSSR count). The predicted octanol–water partition coefficient (Wildman–Crippen LogP) is 2.46. The van der Waals surface area contributed by atoms with Crippen LogP contribution in [0, 0.1) is 0 Å². The number of aliphatic carboxylic acids is 1. The number of carboxylic acids is 1. The van der Waals surface area contributed by atoms with E-state index in [4.69, 9.17) is 0 Å². The largest absolute Gasteiger partial charge is 0.480 e. The lowest BCUT2D eigenvalue weighted by Crippen LogP contribution is -2.49. The lowest BCUT2D eigenvalue weighted by Gasteiger charge is -2.20. The third-order valence-electron chi connectivity index (χ3n) is 3.70. The van der Waals surface area contributed by atoms with Crippen molar-refractivity contribution in [2.75, 3.05) is 0 Å². The first kappa shape index (κ1) is 18.5. The molecule has 25 heavy (non-hydrogen) atoms. The summed E-state index contributed by atoms with van der Waals surface area (Å²) in [5.74, 6) is -6.60. The van der Waals surface area contributed by atoms with E-state index in [2.05, 4.69) is 4.98 Å². The number of carbonyl (C=O) groups is 2. The maximum atomic E-state index is 14.1. The summed E-state index contributed by atoms with van der Waals surface area (Å²) < 4.78 is 28.1. The van der Waals surface area contributed by atoms with Crippen LogP contribution in [-0.4, -0.2) is 33.9 Å². The number of rotatable bonds is 8. The third kappa shape index (κ3) is 5.63. The molecule has 132 valence electrons. The van der Waals surface area contributed by atoms with Gasteiger partial charge < -0.3 is 10.4 Å². The van der Waals surface area contributed by atoms with E-state index < -0.39 is 30.3 Å². The van der Waals surface area contributed by atoms with Gasteiger partial charge in [-0.05, 0) is 29.7 Å². The van der Waals surface area contributed by atoms with E-state index in [1.807, 2.05) is 5.32 Å². The van der Waals surface area contributed by atoms with Crippen LogP contribution in [0.5, 0.6) is 0 Å². The van der Waals surface area contributed by atoms with Crippen LogP contribution < -0.4 is 5.32 Å². The summed E-state index contributed by atoms with van der Waals surface area (Å²) >= 11 is 0. The Morgan fingerprint density at radius 2 is 1.72 bits per heavy atom. The molecule has 2 N–H and O–H groups in total. The minimum Gasteiger partial charge on any atom is -0.480 e. The molecule has 0 radical (unpaired) electrons. The molecule has 0 aliphatic heterocycles. The first-order valence-electron chi connectivity index (χ1n) is 7.73. The van der Waals surface area contributed by atoms with E-state index in [1.54, 1.807) is 42.5 Å². The predicted molar refractivity (Wildman–Crippen MR) is 87.2 cm³/mol. The second-order valence-electron chi connectivity index (χ2n) is 5.61. The van der Waals surface area contributed by atoms with Gasteiger partial charge in [-0.3, -0.25) is 9.78 Å². The number of amides is 1. The number of benzene rings is 1. The highest BCUT2D eigenvalue weighted by molar-refractivity contribution is 5.88. The second-order valence-corrected chi connectivity index (χ2v) is 5.61. The molecule has 0 fully saturated rings. The third-order valence-corrected chi connectivity index (χ3v) is 3.70. The number of aromatic nitrogens is 1. The summed E-state index contributed by atoms with van der Waals surface area (Å²) in [5.41, 5.74) is 1.26. The molecule has 1 aromatic heterocycles. The van der Waals surface area contributed by atoms with E-state index >= 15 is 0 Å². The fraction of sp³-hybridized carbons (Fsp3) is 0.278. The number of aryl methyl sites for hydroxylation is 1. The van der Waals surface area contributed by atoms with Gasteiger partial charge in [-0.2, -0.15) is 8.78 Å². The second kappa shape index (κ2) is 8.32. The number of halogens is 2. The van der Waals surface area contributed by atoms with E-state index in [9.17, 15) is 23.5 Å². The number of nitrogens with one attached hydrogen (secondary N) is 1. The number of pyridine rings is 1. The molecular formula is C18H18F2N2O3. The zero-order valence-corrected chi connectivity index (χ0v) is 13.4. The number of alkyl halides is 2. The van der Waals surface area contributed by atoms with Crippen LogP contribution in [0.2, 0.25) is 0 Å². The van der Waals surface area contributed by atoms with Gasteiger partial charge in [0.25, 0.3) is 5.91 Å². The van der Waals surface area contributed by atoms with Crippen LogP contribution in [0.4, 0.5) is 8.78 Å². The average molecular weight is 348 g/mol. The van der Waals surface area contributed by atoms with Crippen molar-refractivity contribution in [3.05, 3.63) is 66.0 Å². The van der Waals surface area contributed by atoms with Gasteiger partial charge in [0.1, 0.15) is 6.04 Å². The topological polar surface area (TPSA) is 79.3 Å². The summed E-state index contributed by atoms with van der Waals surface area (Å²) in [6, 6.07) is 10.3. The Hall–Kier alpha value is -2.83. The molecule has 0 saturated carbocycles. The molecule has 0 bridgehead atoms. The van der Waals surface area contributed by atoms with E-state index in [0.717, 1.165) is 0 Å². The quantitative estimate of drug-likeness (QED) is 0.768. The first-order valence-corrected chi connectivity index (χ1v) is 7.73. The molecule has 0 saturated heterocycles. The molecule has 1 aromatic carbocycles. The highest BCUT2D eigenvalue weighted by atomic mass is 19.3. The molecule has 0 aliphatic rings. The maximum absolute atomic E-state index is 14.1. The average Bonchev–Trinajstić information content (AvgIpc) is 2.61. The summed E-state index contributed by atoms with van der Waals surface area (Å²) in [7, 11) is 0. The Kier molecular flexibility index (Phi) is 6.16. The minimum absolute atomic E-state index is 0.0172. The van der Waals surface area contributed by atoms with Gasteiger partial charge in [0, 0.05) is 25.2 Å². The molecule has 1 amide bonds. The molecular weight excluding hydrogens is 330 g/mol. The monoisotopic (exact) mass is 348 g/mol. The number of hydrogen-bond donors (Lipinski definition) is 2. The van der Waals surface area contributed by atoms with Crippen LogP contribution in [0.25, 0.3) is 0 Å². The van der Waals surface area contributed by atoms with Crippen molar-refractivity contribution in [1.82, 2.24) is 10.3 Å². The van der Waals surface area contributed by atoms with E-state index in [1.165, 1.54) is 12.4 Å². The van der Waals surface area contributed by atoms with Gasteiger partial charge in [-0.15, -0.1) is 0 Å². The van der Waals surface area contributed by atoms with Gasteiger partial charge in [-0.1, -0.05) is 30.3 Å². The van der Waals surface area contributed by atoms with Crippen molar-refractivity contribution in [2.45, 2.75) is 31.2 Å². The first-order chi connectivity index (χ1) is 11.9. The van der Waals surface area contributed by atoms with Crippen LogP contribution in [0.15, 0.2) is 54.9 Å². The Bertz CT molecular complexity index is 709. The number of nitrogens with zero attached hydrogens (tertiary/aromatic N) is 1. The van der Waals surface area contributed by atoms with Gasteiger partial charge >= 0.3 is 11.9 Å². The molecule has 5 nitrogen and oxygen atoms in total. The Morgan fingerprint density at radius 1 is 1.08 bits per heavy atom.